The number of esters is 1. The van der Waals surface area contributed by atoms with E-state index in [-0.39, 0.29) is 5.97 Å². The molecule has 4 nitrogen and oxygen atoms in total. The van der Waals surface area contributed by atoms with Crippen LogP contribution in [0.25, 0.3) is 0 Å². The molecule has 0 saturated carbocycles. The molecule has 0 unspecified atom stereocenters. The first-order valence-electron chi connectivity index (χ1n) is 2.85. The van der Waals surface area contributed by atoms with Crippen LogP contribution in [-0.2, 0) is 4.74 Å². The SMILES string of the molecule is O=C(OCCBr)c1cnns1. The van der Waals surface area contributed by atoms with E-state index in [1.54, 1.807) is 0 Å². The van der Waals surface area contributed by atoms with Gasteiger partial charge in [-0.15, -0.1) is 5.10 Å². The number of carbonyl (C=O) groups excluding carboxylic acids is 1. The molecule has 6 heteroatoms. The van der Waals surface area contributed by atoms with E-state index >= 15 is 0 Å². The number of aromatic nitrogens is 2. The summed E-state index contributed by atoms with van der Waals surface area (Å²) in [6, 6.07) is 0. The third-order valence-corrected chi connectivity index (χ3v) is 1.84. The van der Waals surface area contributed by atoms with Crippen LogP contribution in [0.2, 0.25) is 0 Å². The van der Waals surface area contributed by atoms with Gasteiger partial charge in [-0.3, -0.25) is 0 Å². The summed E-state index contributed by atoms with van der Waals surface area (Å²) < 4.78 is 8.31. The average Bonchev–Trinajstić information content (AvgIpc) is 2.52. The van der Waals surface area contributed by atoms with E-state index in [9.17, 15) is 4.79 Å². The predicted molar refractivity (Wildman–Crippen MR) is 44.0 cm³/mol. The van der Waals surface area contributed by atoms with Crippen molar-refractivity contribution in [2.24, 2.45) is 0 Å². The van der Waals surface area contributed by atoms with Crippen molar-refractivity contribution in [3.63, 3.8) is 0 Å². The Balaban J connectivity index is 2.43. The molecule has 0 spiro atoms. The molecule has 0 fully saturated rings. The number of alkyl halides is 1. The monoisotopic (exact) mass is 236 g/mol. The number of nitrogens with zero attached hydrogens (tertiary/aromatic N) is 2. The summed E-state index contributed by atoms with van der Waals surface area (Å²) in [6.07, 6.45) is 1.39. The number of hydrogen-bond donors (Lipinski definition) is 0. The van der Waals surface area contributed by atoms with Gasteiger partial charge in [-0.2, -0.15) is 0 Å². The molecule has 1 rings (SSSR count). The van der Waals surface area contributed by atoms with Gasteiger partial charge in [0.25, 0.3) is 0 Å². The molecule has 0 atom stereocenters. The zero-order valence-electron chi connectivity index (χ0n) is 5.49. The van der Waals surface area contributed by atoms with E-state index in [1.165, 1.54) is 6.20 Å². The second kappa shape index (κ2) is 4.40. The minimum atomic E-state index is -0.362. The van der Waals surface area contributed by atoms with Gasteiger partial charge in [-0.1, -0.05) is 20.4 Å². The highest BCUT2D eigenvalue weighted by Crippen LogP contribution is 2.03. The molecular formula is C5H5BrN2O2S. The summed E-state index contributed by atoms with van der Waals surface area (Å²) in [5, 5.41) is 4.15. The molecule has 1 aromatic heterocycles. The molecule has 0 radical (unpaired) electrons. The third kappa shape index (κ3) is 2.55. The second-order valence-corrected chi connectivity index (χ2v) is 3.19. The van der Waals surface area contributed by atoms with Gasteiger partial charge in [0, 0.05) is 5.33 Å². The zero-order valence-corrected chi connectivity index (χ0v) is 7.89. The fourth-order valence-electron chi connectivity index (χ4n) is 0.460. The fourth-order valence-corrected chi connectivity index (χ4v) is 1.03. The van der Waals surface area contributed by atoms with Crippen molar-refractivity contribution in [3.05, 3.63) is 11.1 Å². The molecule has 0 aliphatic carbocycles. The van der Waals surface area contributed by atoms with Crippen LogP contribution >= 0.6 is 27.5 Å². The van der Waals surface area contributed by atoms with Crippen molar-refractivity contribution in [2.75, 3.05) is 11.9 Å². The number of halogens is 1. The fraction of sp³-hybridized carbons (Fsp3) is 0.400. The van der Waals surface area contributed by atoms with E-state index in [2.05, 4.69) is 25.5 Å². The lowest BCUT2D eigenvalue weighted by Gasteiger charge is -1.96. The van der Waals surface area contributed by atoms with E-state index in [0.29, 0.717) is 16.8 Å². The summed E-state index contributed by atoms with van der Waals surface area (Å²) in [7, 11) is 0. The van der Waals surface area contributed by atoms with Crippen molar-refractivity contribution in [3.8, 4) is 0 Å². The zero-order chi connectivity index (χ0) is 8.10. The lowest BCUT2D eigenvalue weighted by molar-refractivity contribution is 0.0537. The Kier molecular flexibility index (Phi) is 3.44. The van der Waals surface area contributed by atoms with Crippen LogP contribution in [0.3, 0.4) is 0 Å². The van der Waals surface area contributed by atoms with Gasteiger partial charge in [0.2, 0.25) is 0 Å². The van der Waals surface area contributed by atoms with Gasteiger partial charge in [-0.25, -0.2) is 4.79 Å². The lowest BCUT2D eigenvalue weighted by atomic mass is 10.6. The summed E-state index contributed by atoms with van der Waals surface area (Å²) in [6.45, 7) is 0.372. The molecular weight excluding hydrogens is 232 g/mol. The van der Waals surface area contributed by atoms with E-state index in [0.717, 1.165) is 11.5 Å². The van der Waals surface area contributed by atoms with Gasteiger partial charge < -0.3 is 4.74 Å². The smallest absolute Gasteiger partial charge is 0.351 e. The van der Waals surface area contributed by atoms with Crippen molar-refractivity contribution in [2.45, 2.75) is 0 Å². The normalized spacial score (nSPS) is 9.55. The highest BCUT2D eigenvalue weighted by molar-refractivity contribution is 9.09. The number of ether oxygens (including phenoxy) is 1. The van der Waals surface area contributed by atoms with Crippen LogP contribution in [0.1, 0.15) is 9.67 Å². The molecule has 0 amide bonds. The minimum absolute atomic E-state index is 0.362. The first-order chi connectivity index (χ1) is 5.34. The minimum Gasteiger partial charge on any atom is -0.461 e. The van der Waals surface area contributed by atoms with Crippen LogP contribution in [-0.4, -0.2) is 27.5 Å². The molecule has 0 aliphatic rings. The Morgan fingerprint density at radius 1 is 1.82 bits per heavy atom. The van der Waals surface area contributed by atoms with Gasteiger partial charge in [0.15, 0.2) is 4.88 Å². The van der Waals surface area contributed by atoms with Gasteiger partial charge in [0.1, 0.15) is 6.61 Å². The Morgan fingerprint density at radius 2 is 2.64 bits per heavy atom. The lowest BCUT2D eigenvalue weighted by Crippen LogP contribution is -2.04. The van der Waals surface area contributed by atoms with Crippen LogP contribution < -0.4 is 0 Å². The summed E-state index contributed by atoms with van der Waals surface area (Å²) in [5.41, 5.74) is 0. The maximum absolute atomic E-state index is 11.0. The highest BCUT2D eigenvalue weighted by Gasteiger charge is 2.08. The van der Waals surface area contributed by atoms with E-state index in [4.69, 9.17) is 4.74 Å². The summed E-state index contributed by atoms with van der Waals surface area (Å²) in [5.74, 6) is -0.362. The van der Waals surface area contributed by atoms with Crippen molar-refractivity contribution in [1.82, 2.24) is 9.59 Å². The summed E-state index contributed by atoms with van der Waals surface area (Å²) in [4.78, 5) is 11.4. The predicted octanol–water partition coefficient (Wildman–Crippen LogP) is 1.09. The Labute approximate surface area is 75.9 Å². The molecule has 1 heterocycles. The number of rotatable bonds is 3. The Hall–Kier alpha value is -0.490. The standard InChI is InChI=1S/C5H5BrN2O2S/c6-1-2-10-5(9)4-3-7-8-11-4/h3H,1-2H2. The largest absolute Gasteiger partial charge is 0.461 e. The molecule has 60 valence electrons. The molecule has 1 aromatic rings. The van der Waals surface area contributed by atoms with Crippen LogP contribution in [0.5, 0.6) is 0 Å². The van der Waals surface area contributed by atoms with Crippen LogP contribution in [0.4, 0.5) is 0 Å². The molecule has 0 aromatic carbocycles. The topological polar surface area (TPSA) is 52.1 Å². The third-order valence-electron chi connectivity index (χ3n) is 0.873. The highest BCUT2D eigenvalue weighted by atomic mass is 79.9. The second-order valence-electron chi connectivity index (χ2n) is 1.61. The van der Waals surface area contributed by atoms with Crippen LogP contribution in [0.15, 0.2) is 6.20 Å². The van der Waals surface area contributed by atoms with Crippen molar-refractivity contribution >= 4 is 33.4 Å². The maximum Gasteiger partial charge on any atom is 0.351 e. The first kappa shape index (κ1) is 8.61. The molecule has 0 N–H and O–H groups in total. The van der Waals surface area contributed by atoms with E-state index < -0.39 is 0 Å². The van der Waals surface area contributed by atoms with Crippen LogP contribution in [0, 0.1) is 0 Å². The molecule has 0 aliphatic heterocycles. The number of hydrogen-bond acceptors (Lipinski definition) is 5. The number of carbonyl (C=O) groups is 1. The Morgan fingerprint density at radius 3 is 3.18 bits per heavy atom. The van der Waals surface area contributed by atoms with Gasteiger partial charge in [-0.05, 0) is 11.5 Å². The first-order valence-corrected chi connectivity index (χ1v) is 4.74. The average molecular weight is 237 g/mol. The van der Waals surface area contributed by atoms with Gasteiger partial charge >= 0.3 is 5.97 Å². The molecule has 11 heavy (non-hydrogen) atoms. The van der Waals surface area contributed by atoms with Gasteiger partial charge in [0.05, 0.1) is 6.20 Å². The molecule has 0 saturated heterocycles. The Bertz CT molecular complexity index is 226. The van der Waals surface area contributed by atoms with Crippen molar-refractivity contribution < 1.29 is 9.53 Å². The van der Waals surface area contributed by atoms with E-state index in [1.807, 2.05) is 0 Å². The summed E-state index contributed by atoms with van der Waals surface area (Å²) >= 11 is 4.17. The van der Waals surface area contributed by atoms with Crippen molar-refractivity contribution in [1.29, 1.82) is 0 Å². The maximum atomic E-state index is 11.0. The quantitative estimate of drug-likeness (QED) is 0.583. The molecule has 0 bridgehead atoms.